The Balaban J connectivity index is 4.16. The fourth-order valence-electron chi connectivity index (χ4n) is 0.235. The Hall–Kier alpha value is -1.46. The van der Waals surface area contributed by atoms with Gasteiger partial charge in [-0.3, -0.25) is 5.41 Å². The van der Waals surface area contributed by atoms with Gasteiger partial charge in [0.15, 0.2) is 0 Å². The maximum atomic E-state index is 9.86. The zero-order chi connectivity index (χ0) is 7.44. The molecule has 0 aliphatic carbocycles. The number of carboxylic acids is 1. The van der Waals surface area contributed by atoms with Crippen molar-refractivity contribution in [3.8, 4) is 0 Å². The van der Waals surface area contributed by atoms with Gasteiger partial charge in [-0.15, -0.1) is 4.91 Å². The molecular formula is C3H5N3O3. The van der Waals surface area contributed by atoms with E-state index < -0.39 is 17.8 Å². The van der Waals surface area contributed by atoms with Crippen LogP contribution in [0, 0.1) is 10.3 Å². The summed E-state index contributed by atoms with van der Waals surface area (Å²) in [6, 6.07) is -1.73. The van der Waals surface area contributed by atoms with Crippen LogP contribution in [0.5, 0.6) is 0 Å². The third-order valence-corrected chi connectivity index (χ3v) is 0.634. The molecule has 0 bridgehead atoms. The largest absolute Gasteiger partial charge is 0.479 e. The normalized spacial score (nSPS) is 12.0. The van der Waals surface area contributed by atoms with Crippen molar-refractivity contribution in [2.75, 3.05) is 0 Å². The van der Waals surface area contributed by atoms with Crippen molar-refractivity contribution in [2.24, 2.45) is 10.9 Å². The Kier molecular flexibility index (Phi) is 2.31. The van der Waals surface area contributed by atoms with Gasteiger partial charge in [0.05, 0.1) is 0 Å². The molecule has 0 aromatic heterocycles. The fourth-order valence-corrected chi connectivity index (χ4v) is 0.235. The lowest BCUT2D eigenvalue weighted by atomic mass is 10.3. The summed E-state index contributed by atoms with van der Waals surface area (Å²) in [7, 11) is 0. The molecule has 6 heteroatoms. The second-order valence-electron chi connectivity index (χ2n) is 1.30. The predicted molar refractivity (Wildman–Crippen MR) is 29.1 cm³/mol. The molecule has 50 valence electrons. The summed E-state index contributed by atoms with van der Waals surface area (Å²) in [6.45, 7) is 0. The molecule has 4 N–H and O–H groups in total. The van der Waals surface area contributed by atoms with Crippen LogP contribution < -0.4 is 5.73 Å². The van der Waals surface area contributed by atoms with E-state index in [2.05, 4.69) is 10.9 Å². The van der Waals surface area contributed by atoms with Crippen LogP contribution in [0.25, 0.3) is 0 Å². The van der Waals surface area contributed by atoms with Crippen molar-refractivity contribution in [3.05, 3.63) is 4.91 Å². The summed E-state index contributed by atoms with van der Waals surface area (Å²) in [4.78, 5) is 19.4. The molecule has 0 amide bonds. The number of carbonyl (C=O) groups is 1. The number of amidine groups is 1. The van der Waals surface area contributed by atoms with Gasteiger partial charge >= 0.3 is 5.97 Å². The molecule has 0 aromatic rings. The third kappa shape index (κ3) is 1.85. The number of hydrogen-bond donors (Lipinski definition) is 3. The molecule has 0 saturated heterocycles. The zero-order valence-corrected chi connectivity index (χ0v) is 4.37. The minimum atomic E-state index is -1.73. The van der Waals surface area contributed by atoms with Gasteiger partial charge in [-0.1, -0.05) is 0 Å². The van der Waals surface area contributed by atoms with Crippen molar-refractivity contribution in [2.45, 2.75) is 6.04 Å². The molecule has 0 fully saturated rings. The number of nitrogens with zero attached hydrogens (tertiary/aromatic N) is 1. The number of carboxylic acid groups (broad SMARTS) is 1. The van der Waals surface area contributed by atoms with Gasteiger partial charge < -0.3 is 10.8 Å². The predicted octanol–water partition coefficient (Wildman–Crippen LogP) is -0.858. The van der Waals surface area contributed by atoms with E-state index in [-0.39, 0.29) is 0 Å². The first-order valence-corrected chi connectivity index (χ1v) is 1.98. The number of nitrogens with two attached hydrogens (primary N) is 1. The summed E-state index contributed by atoms with van der Waals surface area (Å²) in [5.41, 5.74) is 4.66. The standard InChI is InChI=1S/C3H5N3O3/c4-2(5)1(6-9)3(7)8/h1H,(H3,4,5)(H,7,8). The SMILES string of the molecule is N=C(N)C(N=O)C(=O)O. The fraction of sp³-hybridized carbons (Fsp3) is 0.333. The van der Waals surface area contributed by atoms with E-state index in [9.17, 15) is 9.70 Å². The van der Waals surface area contributed by atoms with Crippen LogP contribution in [-0.2, 0) is 4.79 Å². The molecule has 6 nitrogen and oxygen atoms in total. The molecule has 0 aliphatic rings. The van der Waals surface area contributed by atoms with Crippen molar-refractivity contribution in [1.82, 2.24) is 0 Å². The van der Waals surface area contributed by atoms with Crippen LogP contribution in [0.4, 0.5) is 0 Å². The Bertz CT molecular complexity index is 140. The molecule has 0 rings (SSSR count). The lowest BCUT2D eigenvalue weighted by molar-refractivity contribution is -0.136. The van der Waals surface area contributed by atoms with E-state index in [0.717, 1.165) is 0 Å². The molecule has 0 radical (unpaired) electrons. The van der Waals surface area contributed by atoms with Crippen LogP contribution in [0.15, 0.2) is 5.18 Å². The van der Waals surface area contributed by atoms with Gasteiger partial charge in [0, 0.05) is 0 Å². The zero-order valence-electron chi connectivity index (χ0n) is 4.37. The minimum Gasteiger partial charge on any atom is -0.479 e. The highest BCUT2D eigenvalue weighted by Crippen LogP contribution is 1.87. The Morgan fingerprint density at radius 2 is 2.22 bits per heavy atom. The van der Waals surface area contributed by atoms with E-state index in [4.69, 9.17) is 10.5 Å². The number of nitrogens with one attached hydrogen (secondary N) is 1. The summed E-state index contributed by atoms with van der Waals surface area (Å²) in [5, 5.41) is 16.6. The number of nitroso groups, excluding NO2 is 1. The Morgan fingerprint density at radius 3 is 2.22 bits per heavy atom. The molecule has 0 aromatic carbocycles. The van der Waals surface area contributed by atoms with Gasteiger partial charge in [0.1, 0.15) is 5.84 Å². The first-order valence-electron chi connectivity index (χ1n) is 1.98. The van der Waals surface area contributed by atoms with Crippen molar-refractivity contribution >= 4 is 11.8 Å². The molecule has 0 spiro atoms. The van der Waals surface area contributed by atoms with E-state index >= 15 is 0 Å². The number of aliphatic carboxylic acids is 1. The van der Waals surface area contributed by atoms with Crippen LogP contribution in [0.3, 0.4) is 0 Å². The lowest BCUT2D eigenvalue weighted by Gasteiger charge is -1.96. The second-order valence-corrected chi connectivity index (χ2v) is 1.30. The maximum absolute atomic E-state index is 9.86. The quantitative estimate of drug-likeness (QED) is 0.262. The topological polar surface area (TPSA) is 117 Å². The molecule has 0 aliphatic heterocycles. The van der Waals surface area contributed by atoms with Crippen molar-refractivity contribution < 1.29 is 9.90 Å². The average Bonchev–Trinajstić information content (AvgIpc) is 1.64. The van der Waals surface area contributed by atoms with Crippen LogP contribution in [0.1, 0.15) is 0 Å². The molecule has 1 unspecified atom stereocenters. The first kappa shape index (κ1) is 7.54. The van der Waals surface area contributed by atoms with Gasteiger partial charge in [0.2, 0.25) is 6.04 Å². The summed E-state index contributed by atoms with van der Waals surface area (Å²) in [6.07, 6.45) is 0. The second kappa shape index (κ2) is 2.75. The minimum absolute atomic E-state index is 0.752. The van der Waals surface area contributed by atoms with E-state index in [0.29, 0.717) is 0 Å². The van der Waals surface area contributed by atoms with Gasteiger partial charge in [-0.05, 0) is 5.18 Å². The summed E-state index contributed by atoms with van der Waals surface area (Å²) in [5.74, 6) is -2.25. The van der Waals surface area contributed by atoms with Crippen LogP contribution in [-0.4, -0.2) is 23.0 Å². The highest BCUT2D eigenvalue weighted by atomic mass is 16.4. The first-order chi connectivity index (χ1) is 4.09. The summed E-state index contributed by atoms with van der Waals surface area (Å²) < 4.78 is 0. The van der Waals surface area contributed by atoms with E-state index in [1.54, 1.807) is 0 Å². The van der Waals surface area contributed by atoms with Crippen molar-refractivity contribution in [1.29, 1.82) is 5.41 Å². The lowest BCUT2D eigenvalue weighted by Crippen LogP contribution is -2.32. The number of hydrogen-bond acceptors (Lipinski definition) is 4. The smallest absolute Gasteiger partial charge is 0.340 e. The van der Waals surface area contributed by atoms with Gasteiger partial charge in [-0.2, -0.15) is 0 Å². The monoisotopic (exact) mass is 131 g/mol. The molecule has 0 heterocycles. The van der Waals surface area contributed by atoms with Crippen LogP contribution in [0.2, 0.25) is 0 Å². The molecule has 1 atom stereocenters. The van der Waals surface area contributed by atoms with Gasteiger partial charge in [-0.25, -0.2) is 4.79 Å². The van der Waals surface area contributed by atoms with E-state index in [1.165, 1.54) is 0 Å². The third-order valence-electron chi connectivity index (χ3n) is 0.634. The molecular weight excluding hydrogens is 126 g/mol. The number of rotatable bonds is 3. The van der Waals surface area contributed by atoms with Gasteiger partial charge in [0.25, 0.3) is 0 Å². The molecule has 0 saturated carbocycles. The van der Waals surface area contributed by atoms with E-state index in [1.807, 2.05) is 0 Å². The Labute approximate surface area is 50.1 Å². The highest BCUT2D eigenvalue weighted by Gasteiger charge is 2.20. The Morgan fingerprint density at radius 1 is 1.78 bits per heavy atom. The van der Waals surface area contributed by atoms with Crippen LogP contribution >= 0.6 is 0 Å². The maximum Gasteiger partial charge on any atom is 0.340 e. The van der Waals surface area contributed by atoms with Crippen molar-refractivity contribution in [3.63, 3.8) is 0 Å². The summed E-state index contributed by atoms with van der Waals surface area (Å²) >= 11 is 0. The highest BCUT2D eigenvalue weighted by molar-refractivity contribution is 6.01. The molecule has 9 heavy (non-hydrogen) atoms. The average molecular weight is 131 g/mol.